The molecule has 0 unspecified atom stereocenters. The topological polar surface area (TPSA) is 55.8 Å². The molecule has 0 radical (unpaired) electrons. The van der Waals surface area contributed by atoms with Crippen LogP contribution in [-0.2, 0) is 11.4 Å². The van der Waals surface area contributed by atoms with E-state index in [0.29, 0.717) is 17.1 Å². The monoisotopic (exact) mass is 236 g/mol. The van der Waals surface area contributed by atoms with Gasteiger partial charge in [0.25, 0.3) is 0 Å². The number of rotatable bonds is 5. The van der Waals surface area contributed by atoms with Gasteiger partial charge in [-0.15, -0.1) is 0 Å². The second kappa shape index (κ2) is 6.06. The molecule has 0 heterocycles. The minimum atomic E-state index is -0.183. The molecule has 0 aliphatic heterocycles. The van der Waals surface area contributed by atoms with Gasteiger partial charge in [0.05, 0.1) is 20.8 Å². The van der Waals surface area contributed by atoms with Crippen molar-refractivity contribution in [1.29, 1.82) is 0 Å². The van der Waals surface area contributed by atoms with Gasteiger partial charge in [-0.3, -0.25) is 4.79 Å². The van der Waals surface area contributed by atoms with E-state index in [1.165, 1.54) is 27.2 Å². The molecule has 1 N–H and O–H groups in total. The first-order valence-corrected chi connectivity index (χ1v) is 5.17. The molecule has 1 rings (SSSR count). The number of hydrogen-bond acceptors (Lipinski definition) is 4. The Morgan fingerprint density at radius 2 is 2.06 bits per heavy atom. The summed E-state index contributed by atoms with van der Waals surface area (Å²) in [4.78, 5) is 10.9. The highest BCUT2D eigenvalue weighted by molar-refractivity contribution is 5.91. The number of carbonyl (C=O) groups is 1. The van der Waals surface area contributed by atoms with E-state index in [-0.39, 0.29) is 12.4 Å². The fourth-order valence-corrected chi connectivity index (χ4v) is 1.53. The van der Waals surface area contributed by atoms with Crippen LogP contribution >= 0.6 is 0 Å². The quantitative estimate of drug-likeness (QED) is 0.792. The van der Waals surface area contributed by atoms with E-state index in [1.807, 2.05) is 0 Å². The van der Waals surface area contributed by atoms with Gasteiger partial charge in [0.2, 0.25) is 0 Å². The Morgan fingerprint density at radius 1 is 1.35 bits per heavy atom. The second-order valence-electron chi connectivity index (χ2n) is 3.47. The molecule has 0 aromatic heterocycles. The zero-order valence-corrected chi connectivity index (χ0v) is 10.2. The smallest absolute Gasteiger partial charge is 0.166 e. The fourth-order valence-electron chi connectivity index (χ4n) is 1.53. The van der Waals surface area contributed by atoms with Crippen LogP contribution in [0.25, 0.3) is 6.08 Å². The molecular formula is C13H16O4. The van der Waals surface area contributed by atoms with E-state index >= 15 is 0 Å². The van der Waals surface area contributed by atoms with E-state index in [0.717, 1.165) is 5.56 Å². The molecular weight excluding hydrogens is 220 g/mol. The van der Waals surface area contributed by atoms with Gasteiger partial charge < -0.3 is 14.6 Å². The predicted molar refractivity (Wildman–Crippen MR) is 65.2 cm³/mol. The predicted octanol–water partition coefficient (Wildman–Crippen LogP) is 1.80. The molecule has 0 spiro atoms. The average molecular weight is 236 g/mol. The number of aliphatic hydroxyl groups is 1. The van der Waals surface area contributed by atoms with Gasteiger partial charge in [-0.1, -0.05) is 12.1 Å². The summed E-state index contributed by atoms with van der Waals surface area (Å²) in [6.45, 7) is 1.29. The van der Waals surface area contributed by atoms with Crippen molar-refractivity contribution in [1.82, 2.24) is 0 Å². The minimum Gasteiger partial charge on any atom is -0.493 e. The molecule has 17 heavy (non-hydrogen) atoms. The summed E-state index contributed by atoms with van der Waals surface area (Å²) in [6, 6.07) is 3.50. The molecule has 4 heteroatoms. The number of hydrogen-bond donors (Lipinski definition) is 1. The van der Waals surface area contributed by atoms with Crippen molar-refractivity contribution >= 4 is 11.9 Å². The van der Waals surface area contributed by atoms with Crippen molar-refractivity contribution in [2.45, 2.75) is 13.5 Å². The molecule has 1 aromatic rings. The number of benzene rings is 1. The lowest BCUT2D eigenvalue weighted by Gasteiger charge is -2.13. The first-order chi connectivity index (χ1) is 8.13. The van der Waals surface area contributed by atoms with Crippen molar-refractivity contribution in [3.8, 4) is 11.5 Å². The summed E-state index contributed by atoms with van der Waals surface area (Å²) in [5.41, 5.74) is 1.34. The molecule has 4 nitrogen and oxygen atoms in total. The summed E-state index contributed by atoms with van der Waals surface area (Å²) in [6.07, 6.45) is 3.09. The molecule has 0 saturated carbocycles. The Morgan fingerprint density at radius 3 is 2.53 bits per heavy atom. The first-order valence-electron chi connectivity index (χ1n) is 5.17. The molecule has 92 valence electrons. The number of carbonyl (C=O) groups excluding carboxylic acids is 1. The van der Waals surface area contributed by atoms with Gasteiger partial charge in [-0.05, 0) is 24.6 Å². The molecule has 0 aliphatic rings. The van der Waals surface area contributed by atoms with E-state index in [4.69, 9.17) is 9.47 Å². The van der Waals surface area contributed by atoms with E-state index in [2.05, 4.69) is 0 Å². The van der Waals surface area contributed by atoms with Gasteiger partial charge in [-0.2, -0.15) is 0 Å². The first kappa shape index (κ1) is 13.3. The van der Waals surface area contributed by atoms with Crippen LogP contribution in [0.3, 0.4) is 0 Å². The number of ketones is 1. The maximum atomic E-state index is 10.9. The van der Waals surface area contributed by atoms with Crippen molar-refractivity contribution in [3.05, 3.63) is 29.3 Å². The van der Waals surface area contributed by atoms with E-state index in [1.54, 1.807) is 18.2 Å². The average Bonchev–Trinajstić information content (AvgIpc) is 2.34. The molecule has 0 fully saturated rings. The lowest BCUT2D eigenvalue weighted by Crippen LogP contribution is -1.98. The maximum absolute atomic E-state index is 10.9. The van der Waals surface area contributed by atoms with Gasteiger partial charge >= 0.3 is 0 Å². The molecule has 0 saturated heterocycles. The van der Waals surface area contributed by atoms with E-state index in [9.17, 15) is 9.90 Å². The lowest BCUT2D eigenvalue weighted by atomic mass is 10.1. The summed E-state index contributed by atoms with van der Waals surface area (Å²) in [7, 11) is 3.04. The minimum absolute atomic E-state index is 0.0522. The van der Waals surface area contributed by atoms with Crippen LogP contribution in [0.4, 0.5) is 0 Å². The normalized spacial score (nSPS) is 10.6. The van der Waals surface area contributed by atoms with Crippen molar-refractivity contribution in [2.24, 2.45) is 0 Å². The molecule has 0 bridgehead atoms. The van der Waals surface area contributed by atoms with Gasteiger partial charge in [0.1, 0.15) is 0 Å². The largest absolute Gasteiger partial charge is 0.493 e. The number of methoxy groups -OCH3 is 2. The summed E-state index contributed by atoms with van der Waals surface area (Å²) in [5, 5.41) is 9.36. The SMILES string of the molecule is COc1ccc(/C=C/C(C)=O)c(CO)c1OC. The van der Waals surface area contributed by atoms with Crippen LogP contribution in [0.15, 0.2) is 18.2 Å². The maximum Gasteiger partial charge on any atom is 0.166 e. The third-order valence-electron chi connectivity index (χ3n) is 2.34. The van der Waals surface area contributed by atoms with Crippen LogP contribution in [0.2, 0.25) is 0 Å². The van der Waals surface area contributed by atoms with Gasteiger partial charge in [-0.25, -0.2) is 0 Å². The Balaban J connectivity index is 3.28. The number of ether oxygens (including phenoxy) is 2. The Labute approximate surface area is 100 Å². The summed E-state index contributed by atoms with van der Waals surface area (Å²) < 4.78 is 10.3. The standard InChI is InChI=1S/C13H16O4/c1-9(15)4-5-10-6-7-12(16-2)13(17-3)11(10)8-14/h4-7,14H,8H2,1-3H3/b5-4+. The third-order valence-corrected chi connectivity index (χ3v) is 2.34. The number of aliphatic hydroxyl groups excluding tert-OH is 1. The molecule has 1 aromatic carbocycles. The second-order valence-corrected chi connectivity index (χ2v) is 3.47. The Bertz CT molecular complexity index is 435. The highest BCUT2D eigenvalue weighted by Crippen LogP contribution is 2.33. The fraction of sp³-hybridized carbons (Fsp3) is 0.308. The van der Waals surface area contributed by atoms with Gasteiger partial charge in [0.15, 0.2) is 17.3 Å². The van der Waals surface area contributed by atoms with Gasteiger partial charge in [0, 0.05) is 5.56 Å². The molecule has 0 aliphatic carbocycles. The number of allylic oxidation sites excluding steroid dienone is 1. The van der Waals surface area contributed by atoms with Crippen LogP contribution in [0.5, 0.6) is 11.5 Å². The molecule has 0 amide bonds. The van der Waals surface area contributed by atoms with Crippen LogP contribution in [0, 0.1) is 0 Å². The van der Waals surface area contributed by atoms with Crippen molar-refractivity contribution < 1.29 is 19.4 Å². The van der Waals surface area contributed by atoms with Crippen LogP contribution < -0.4 is 9.47 Å². The Hall–Kier alpha value is -1.81. The lowest BCUT2D eigenvalue weighted by molar-refractivity contribution is -0.112. The highest BCUT2D eigenvalue weighted by Gasteiger charge is 2.12. The van der Waals surface area contributed by atoms with E-state index < -0.39 is 0 Å². The van der Waals surface area contributed by atoms with Crippen molar-refractivity contribution in [3.63, 3.8) is 0 Å². The van der Waals surface area contributed by atoms with Crippen molar-refractivity contribution in [2.75, 3.05) is 14.2 Å². The third kappa shape index (κ3) is 3.07. The Kier molecular flexibility index (Phi) is 4.72. The zero-order chi connectivity index (χ0) is 12.8. The van der Waals surface area contributed by atoms with Crippen LogP contribution in [-0.4, -0.2) is 25.1 Å². The zero-order valence-electron chi connectivity index (χ0n) is 10.2. The van der Waals surface area contributed by atoms with Crippen LogP contribution in [0.1, 0.15) is 18.1 Å². The summed E-state index contributed by atoms with van der Waals surface area (Å²) in [5.74, 6) is 0.987. The summed E-state index contributed by atoms with van der Waals surface area (Å²) >= 11 is 0. The molecule has 0 atom stereocenters. The highest BCUT2D eigenvalue weighted by atomic mass is 16.5.